The van der Waals surface area contributed by atoms with Crippen LogP contribution in [0.4, 0.5) is 18.9 Å². The number of hydrogen-bond donors (Lipinski definition) is 1. The van der Waals surface area contributed by atoms with E-state index in [2.05, 4.69) is 9.47 Å². The third-order valence-electron chi connectivity index (χ3n) is 2.01. The van der Waals surface area contributed by atoms with Crippen LogP contribution < -0.4 is 10.5 Å². The van der Waals surface area contributed by atoms with Crippen LogP contribution >= 0.6 is 0 Å². The summed E-state index contributed by atoms with van der Waals surface area (Å²) in [6, 6.07) is 4.22. The molecule has 0 aliphatic heterocycles. The summed E-state index contributed by atoms with van der Waals surface area (Å²) in [5, 5.41) is 0. The van der Waals surface area contributed by atoms with Crippen molar-refractivity contribution in [1.82, 2.24) is 0 Å². The molecule has 5 nitrogen and oxygen atoms in total. The summed E-state index contributed by atoms with van der Waals surface area (Å²) in [5.41, 5.74) is 5.92. The molecule has 0 fully saturated rings. The second kappa shape index (κ2) is 6.99. The van der Waals surface area contributed by atoms with Crippen LogP contribution in [0, 0.1) is 0 Å². The largest absolute Gasteiger partial charge is 0.494 e. The van der Waals surface area contributed by atoms with Crippen molar-refractivity contribution in [2.45, 2.75) is 13.1 Å². The summed E-state index contributed by atoms with van der Waals surface area (Å²) in [4.78, 5) is 11.6. The van der Waals surface area contributed by atoms with E-state index in [-0.39, 0.29) is 11.3 Å². The minimum atomic E-state index is -4.47. The Bertz CT molecular complexity index is 463. The summed E-state index contributed by atoms with van der Waals surface area (Å²) in [6.07, 6.45) is -4.47. The Hall–Kier alpha value is -1.96. The number of alkyl halides is 3. The number of nitrogens with two attached hydrogens (primary N) is 1. The summed E-state index contributed by atoms with van der Waals surface area (Å²) >= 11 is 0. The molecule has 0 saturated heterocycles. The molecule has 0 spiro atoms. The molecule has 0 radical (unpaired) electrons. The van der Waals surface area contributed by atoms with Crippen LogP contribution in [0.3, 0.4) is 0 Å². The van der Waals surface area contributed by atoms with Crippen molar-refractivity contribution in [2.24, 2.45) is 0 Å². The number of carbonyl (C=O) groups is 1. The predicted octanol–water partition coefficient (Wildman–Crippen LogP) is 2.36. The lowest BCUT2D eigenvalue weighted by Gasteiger charge is -2.10. The van der Waals surface area contributed by atoms with Crippen LogP contribution in [-0.2, 0) is 9.47 Å². The van der Waals surface area contributed by atoms with Gasteiger partial charge in [-0.3, -0.25) is 0 Å². The molecular formula is C12H14F3NO4. The number of nitrogen functional groups attached to an aromatic ring is 1. The van der Waals surface area contributed by atoms with Gasteiger partial charge < -0.3 is 19.9 Å². The Kier molecular flexibility index (Phi) is 5.63. The highest BCUT2D eigenvalue weighted by atomic mass is 19.4. The topological polar surface area (TPSA) is 70.8 Å². The first-order chi connectivity index (χ1) is 9.31. The molecule has 2 N–H and O–H groups in total. The van der Waals surface area contributed by atoms with E-state index in [1.807, 2.05) is 0 Å². The van der Waals surface area contributed by atoms with Crippen LogP contribution in [0.1, 0.15) is 17.3 Å². The number of carbonyl (C=O) groups excluding carboxylic acids is 1. The quantitative estimate of drug-likeness (QED) is 0.377. The molecule has 0 amide bonds. The molecule has 0 saturated carbocycles. The van der Waals surface area contributed by atoms with E-state index >= 15 is 0 Å². The van der Waals surface area contributed by atoms with Gasteiger partial charge in [-0.15, -0.1) is 0 Å². The molecule has 0 aliphatic carbocycles. The van der Waals surface area contributed by atoms with Gasteiger partial charge >= 0.3 is 12.1 Å². The summed E-state index contributed by atoms with van der Waals surface area (Å²) in [6.45, 7) is -0.142. The van der Waals surface area contributed by atoms with Gasteiger partial charge in [0.2, 0.25) is 0 Å². The Morgan fingerprint density at radius 1 is 1.30 bits per heavy atom. The van der Waals surface area contributed by atoms with Gasteiger partial charge in [0.05, 0.1) is 12.2 Å². The van der Waals surface area contributed by atoms with E-state index in [4.69, 9.17) is 10.5 Å². The van der Waals surface area contributed by atoms with E-state index in [1.54, 1.807) is 6.92 Å². The van der Waals surface area contributed by atoms with Crippen molar-refractivity contribution < 1.29 is 32.2 Å². The third-order valence-corrected chi connectivity index (χ3v) is 2.01. The number of esters is 1. The van der Waals surface area contributed by atoms with Crippen LogP contribution in [0.5, 0.6) is 5.75 Å². The lowest BCUT2D eigenvalue weighted by Crippen LogP contribution is -2.19. The lowest BCUT2D eigenvalue weighted by molar-refractivity contribution is -0.190. The van der Waals surface area contributed by atoms with Crippen molar-refractivity contribution in [3.8, 4) is 5.75 Å². The van der Waals surface area contributed by atoms with Crippen molar-refractivity contribution in [1.29, 1.82) is 0 Å². The van der Waals surface area contributed by atoms with Crippen LogP contribution in [-0.4, -0.2) is 32.2 Å². The van der Waals surface area contributed by atoms with Crippen LogP contribution in [0.2, 0.25) is 0 Å². The molecule has 0 bridgehead atoms. The SMILES string of the molecule is CCOc1cc(N)cc(C(=O)OCOCC(F)(F)F)c1. The minimum absolute atomic E-state index is 0.0732. The number of benzene rings is 1. The second-order valence-corrected chi connectivity index (χ2v) is 3.74. The van der Waals surface area contributed by atoms with Gasteiger partial charge in [0.25, 0.3) is 0 Å². The molecule has 0 atom stereocenters. The van der Waals surface area contributed by atoms with Crippen molar-refractivity contribution >= 4 is 11.7 Å². The fourth-order valence-corrected chi connectivity index (χ4v) is 1.33. The first kappa shape index (κ1) is 16.1. The molecule has 20 heavy (non-hydrogen) atoms. The van der Waals surface area contributed by atoms with Gasteiger partial charge in [0.15, 0.2) is 6.79 Å². The molecule has 1 rings (SSSR count). The smallest absolute Gasteiger partial charge is 0.411 e. The van der Waals surface area contributed by atoms with Crippen LogP contribution in [0.15, 0.2) is 18.2 Å². The van der Waals surface area contributed by atoms with E-state index in [1.165, 1.54) is 18.2 Å². The minimum Gasteiger partial charge on any atom is -0.494 e. The fraction of sp³-hybridized carbons (Fsp3) is 0.417. The Morgan fingerprint density at radius 2 is 2.00 bits per heavy atom. The third kappa shape index (κ3) is 5.79. The Labute approximate surface area is 113 Å². The maximum absolute atomic E-state index is 11.8. The maximum atomic E-state index is 11.8. The van der Waals surface area contributed by atoms with E-state index in [9.17, 15) is 18.0 Å². The normalized spacial score (nSPS) is 11.2. The average Bonchev–Trinajstić information content (AvgIpc) is 2.33. The van der Waals surface area contributed by atoms with Gasteiger partial charge in [-0.2, -0.15) is 13.2 Å². The number of halogens is 3. The van der Waals surface area contributed by atoms with Gasteiger partial charge in [-0.25, -0.2) is 4.79 Å². The van der Waals surface area contributed by atoms with Crippen molar-refractivity contribution in [3.63, 3.8) is 0 Å². The zero-order valence-corrected chi connectivity index (χ0v) is 10.7. The number of ether oxygens (including phenoxy) is 3. The van der Waals surface area contributed by atoms with Crippen LogP contribution in [0.25, 0.3) is 0 Å². The molecule has 0 unspecified atom stereocenters. The van der Waals surface area contributed by atoms with Gasteiger partial charge in [-0.05, 0) is 19.1 Å². The molecule has 1 aromatic carbocycles. The van der Waals surface area contributed by atoms with Gasteiger partial charge in [-0.1, -0.05) is 0 Å². The van der Waals surface area contributed by atoms with E-state index in [0.717, 1.165) is 0 Å². The van der Waals surface area contributed by atoms with E-state index < -0.39 is 25.5 Å². The highest BCUT2D eigenvalue weighted by molar-refractivity contribution is 5.91. The predicted molar refractivity (Wildman–Crippen MR) is 64.3 cm³/mol. The van der Waals surface area contributed by atoms with Crippen molar-refractivity contribution in [3.05, 3.63) is 23.8 Å². The number of anilines is 1. The zero-order valence-electron chi connectivity index (χ0n) is 10.7. The standard InChI is InChI=1S/C12H14F3NO4/c1-2-19-10-4-8(3-9(16)5-10)11(17)20-7-18-6-12(13,14)15/h3-5H,2,6-7,16H2,1H3. The highest BCUT2D eigenvalue weighted by Crippen LogP contribution is 2.20. The first-order valence-electron chi connectivity index (χ1n) is 5.67. The summed E-state index contributed by atoms with van der Waals surface area (Å²) < 4.78 is 49.3. The number of rotatable bonds is 6. The average molecular weight is 293 g/mol. The van der Waals surface area contributed by atoms with E-state index in [0.29, 0.717) is 12.4 Å². The van der Waals surface area contributed by atoms with Gasteiger partial charge in [0.1, 0.15) is 12.4 Å². The molecule has 0 heterocycles. The monoisotopic (exact) mass is 293 g/mol. The summed E-state index contributed by atoms with van der Waals surface area (Å²) in [5.74, 6) is -0.476. The molecule has 8 heteroatoms. The summed E-state index contributed by atoms with van der Waals surface area (Å²) in [7, 11) is 0. The molecule has 0 aromatic heterocycles. The fourth-order valence-electron chi connectivity index (χ4n) is 1.33. The van der Waals surface area contributed by atoms with Gasteiger partial charge in [0, 0.05) is 11.8 Å². The maximum Gasteiger partial charge on any atom is 0.411 e. The Morgan fingerprint density at radius 3 is 2.60 bits per heavy atom. The molecule has 112 valence electrons. The highest BCUT2D eigenvalue weighted by Gasteiger charge is 2.27. The molecule has 1 aromatic rings. The Balaban J connectivity index is 2.55. The molecule has 0 aliphatic rings. The van der Waals surface area contributed by atoms with Crippen molar-refractivity contribution in [2.75, 3.05) is 25.7 Å². The number of hydrogen-bond acceptors (Lipinski definition) is 5. The zero-order chi connectivity index (χ0) is 15.2. The second-order valence-electron chi connectivity index (χ2n) is 3.74. The lowest BCUT2D eigenvalue weighted by atomic mass is 10.2. The first-order valence-corrected chi connectivity index (χ1v) is 5.67. The molecular weight excluding hydrogens is 279 g/mol.